The number of nitrogens with two attached hydrogens (primary N) is 1. The molecule has 2 N–H and O–H groups in total. The molecule has 0 aromatic carbocycles. The summed E-state index contributed by atoms with van der Waals surface area (Å²) in [6, 6.07) is 5.64. The van der Waals surface area contributed by atoms with Gasteiger partial charge >= 0.3 is 0 Å². The molecule has 0 fully saturated rings. The molecular formula is C15H14N2O3. The molecule has 2 aliphatic rings. The van der Waals surface area contributed by atoms with Gasteiger partial charge in [-0.25, -0.2) is 0 Å². The third-order valence-corrected chi connectivity index (χ3v) is 3.65. The minimum atomic E-state index is -0.537. The number of rotatable bonds is 1. The van der Waals surface area contributed by atoms with Gasteiger partial charge in [0.1, 0.15) is 28.9 Å². The largest absolute Gasteiger partial charge is 0.465 e. The zero-order valence-corrected chi connectivity index (χ0v) is 11.1. The van der Waals surface area contributed by atoms with E-state index in [1.54, 1.807) is 6.07 Å². The minimum Gasteiger partial charge on any atom is -0.465 e. The Morgan fingerprint density at radius 1 is 1.40 bits per heavy atom. The average Bonchev–Trinajstić information content (AvgIpc) is 2.84. The SMILES string of the molecule is Cc1ccc(C2C(C#N)=C(N)OC3=C2C(=O)CCC3)o1. The molecule has 1 aromatic heterocycles. The van der Waals surface area contributed by atoms with Gasteiger partial charge in [-0.3, -0.25) is 4.79 Å². The number of nitrogens with zero attached hydrogens (tertiary/aromatic N) is 1. The van der Waals surface area contributed by atoms with Crippen LogP contribution in [-0.2, 0) is 9.53 Å². The van der Waals surface area contributed by atoms with Crippen molar-refractivity contribution in [2.24, 2.45) is 5.73 Å². The van der Waals surface area contributed by atoms with Crippen LogP contribution in [0.2, 0.25) is 0 Å². The first kappa shape index (κ1) is 12.5. The summed E-state index contributed by atoms with van der Waals surface area (Å²) in [7, 11) is 0. The zero-order valence-electron chi connectivity index (χ0n) is 11.1. The molecule has 1 atom stereocenters. The summed E-state index contributed by atoms with van der Waals surface area (Å²) >= 11 is 0. The Morgan fingerprint density at radius 3 is 2.85 bits per heavy atom. The van der Waals surface area contributed by atoms with Crippen molar-refractivity contribution in [3.8, 4) is 6.07 Å². The predicted octanol–water partition coefficient (Wildman–Crippen LogP) is 2.40. The third kappa shape index (κ3) is 1.81. The average molecular weight is 270 g/mol. The fourth-order valence-electron chi connectivity index (χ4n) is 2.75. The van der Waals surface area contributed by atoms with E-state index in [0.29, 0.717) is 29.9 Å². The molecule has 1 aliphatic carbocycles. The van der Waals surface area contributed by atoms with Crippen molar-refractivity contribution in [1.82, 2.24) is 0 Å². The van der Waals surface area contributed by atoms with Gasteiger partial charge in [0.2, 0.25) is 5.88 Å². The molecule has 1 aliphatic heterocycles. The molecule has 0 amide bonds. The van der Waals surface area contributed by atoms with E-state index in [9.17, 15) is 10.1 Å². The first-order valence-corrected chi connectivity index (χ1v) is 6.52. The Bertz CT molecular complexity index is 688. The molecule has 3 rings (SSSR count). The number of aryl methyl sites for hydroxylation is 1. The summed E-state index contributed by atoms with van der Waals surface area (Å²) in [5, 5.41) is 9.33. The highest BCUT2D eigenvalue weighted by Gasteiger charge is 2.39. The Hall–Kier alpha value is -2.48. The van der Waals surface area contributed by atoms with Crippen molar-refractivity contribution >= 4 is 5.78 Å². The van der Waals surface area contributed by atoms with Crippen LogP contribution in [0, 0.1) is 18.3 Å². The number of Topliss-reactive ketones (excluding diaryl/α,β-unsaturated/α-hetero) is 1. The molecule has 0 saturated carbocycles. The third-order valence-electron chi connectivity index (χ3n) is 3.65. The van der Waals surface area contributed by atoms with Crippen LogP contribution in [-0.4, -0.2) is 5.78 Å². The molecule has 0 spiro atoms. The summed E-state index contributed by atoms with van der Waals surface area (Å²) in [6.07, 6.45) is 1.88. The first-order valence-electron chi connectivity index (χ1n) is 6.52. The molecule has 0 radical (unpaired) electrons. The molecule has 20 heavy (non-hydrogen) atoms. The van der Waals surface area contributed by atoms with Crippen LogP contribution in [0.1, 0.15) is 36.7 Å². The second-order valence-electron chi connectivity index (χ2n) is 4.99. The van der Waals surface area contributed by atoms with Gasteiger partial charge in [0.15, 0.2) is 5.78 Å². The van der Waals surface area contributed by atoms with Crippen LogP contribution in [0.15, 0.2) is 39.3 Å². The van der Waals surface area contributed by atoms with E-state index in [2.05, 4.69) is 0 Å². The van der Waals surface area contributed by atoms with Crippen molar-refractivity contribution in [2.75, 3.05) is 0 Å². The van der Waals surface area contributed by atoms with Gasteiger partial charge in [-0.2, -0.15) is 5.26 Å². The van der Waals surface area contributed by atoms with Gasteiger partial charge < -0.3 is 14.9 Å². The molecule has 0 saturated heterocycles. The number of carbonyl (C=O) groups is 1. The van der Waals surface area contributed by atoms with Gasteiger partial charge in [0.25, 0.3) is 0 Å². The van der Waals surface area contributed by atoms with E-state index < -0.39 is 5.92 Å². The van der Waals surface area contributed by atoms with E-state index in [1.165, 1.54) is 0 Å². The quantitative estimate of drug-likeness (QED) is 0.846. The molecular weight excluding hydrogens is 256 g/mol. The monoisotopic (exact) mass is 270 g/mol. The number of furan rings is 1. The van der Waals surface area contributed by atoms with Crippen LogP contribution in [0.25, 0.3) is 0 Å². The Labute approximate surface area is 116 Å². The van der Waals surface area contributed by atoms with Crippen molar-refractivity contribution in [2.45, 2.75) is 32.1 Å². The van der Waals surface area contributed by atoms with Gasteiger partial charge in [0.05, 0.1) is 5.92 Å². The van der Waals surface area contributed by atoms with Crippen LogP contribution in [0.4, 0.5) is 0 Å². The van der Waals surface area contributed by atoms with Crippen molar-refractivity contribution in [3.63, 3.8) is 0 Å². The van der Waals surface area contributed by atoms with Crippen molar-refractivity contribution in [1.29, 1.82) is 5.26 Å². The van der Waals surface area contributed by atoms with Crippen molar-refractivity contribution < 1.29 is 13.9 Å². The van der Waals surface area contributed by atoms with Gasteiger partial charge in [-0.15, -0.1) is 0 Å². The van der Waals surface area contributed by atoms with E-state index in [1.807, 2.05) is 19.1 Å². The molecule has 5 nitrogen and oxygen atoms in total. The zero-order chi connectivity index (χ0) is 14.3. The maximum absolute atomic E-state index is 12.2. The lowest BCUT2D eigenvalue weighted by Crippen LogP contribution is -2.27. The van der Waals surface area contributed by atoms with Crippen LogP contribution >= 0.6 is 0 Å². The summed E-state index contributed by atoms with van der Waals surface area (Å²) in [6.45, 7) is 1.82. The smallest absolute Gasteiger partial charge is 0.205 e. The van der Waals surface area contributed by atoms with Gasteiger partial charge in [0, 0.05) is 18.4 Å². The van der Waals surface area contributed by atoms with E-state index in [0.717, 1.165) is 12.2 Å². The Balaban J connectivity index is 2.18. The number of ketones is 1. The highest BCUT2D eigenvalue weighted by molar-refractivity contribution is 5.99. The second-order valence-corrected chi connectivity index (χ2v) is 4.99. The van der Waals surface area contributed by atoms with E-state index in [4.69, 9.17) is 14.9 Å². The van der Waals surface area contributed by atoms with Crippen LogP contribution < -0.4 is 5.73 Å². The maximum Gasteiger partial charge on any atom is 0.205 e. The Morgan fingerprint density at radius 2 is 2.20 bits per heavy atom. The first-order chi connectivity index (χ1) is 9.61. The summed E-state index contributed by atoms with van der Waals surface area (Å²) in [5.41, 5.74) is 6.59. The molecule has 102 valence electrons. The summed E-state index contributed by atoms with van der Waals surface area (Å²) in [4.78, 5) is 12.2. The van der Waals surface area contributed by atoms with Gasteiger partial charge in [-0.05, 0) is 25.5 Å². The Kier molecular flexibility index (Phi) is 2.87. The number of hydrogen-bond acceptors (Lipinski definition) is 5. The van der Waals surface area contributed by atoms with Gasteiger partial charge in [-0.1, -0.05) is 0 Å². The lowest BCUT2D eigenvalue weighted by molar-refractivity contribution is -0.116. The summed E-state index contributed by atoms with van der Waals surface area (Å²) < 4.78 is 11.1. The standard InChI is InChI=1S/C15H14N2O3/c1-8-5-6-12(19-8)13-9(7-16)15(17)20-11-4-2-3-10(18)14(11)13/h5-6,13H,2-4,17H2,1H3. The lowest BCUT2D eigenvalue weighted by Gasteiger charge is -2.29. The molecule has 0 bridgehead atoms. The lowest BCUT2D eigenvalue weighted by atomic mass is 9.80. The number of allylic oxidation sites excluding steroid dienone is 3. The highest BCUT2D eigenvalue weighted by Crippen LogP contribution is 2.43. The fraction of sp³-hybridized carbons (Fsp3) is 0.333. The molecule has 5 heteroatoms. The van der Waals surface area contributed by atoms with Crippen molar-refractivity contribution in [3.05, 3.63) is 46.4 Å². The number of nitriles is 1. The van der Waals surface area contributed by atoms with E-state index in [-0.39, 0.29) is 17.2 Å². The normalized spacial score (nSPS) is 22.4. The number of carbonyl (C=O) groups excluding carboxylic acids is 1. The number of ether oxygens (including phenoxy) is 1. The topological polar surface area (TPSA) is 89.3 Å². The van der Waals surface area contributed by atoms with E-state index >= 15 is 0 Å². The highest BCUT2D eigenvalue weighted by atomic mass is 16.5. The molecule has 1 aromatic rings. The minimum absolute atomic E-state index is 0.00514. The maximum atomic E-state index is 12.2. The van der Waals surface area contributed by atoms with Crippen LogP contribution in [0.3, 0.4) is 0 Å². The van der Waals surface area contributed by atoms with Crippen LogP contribution in [0.5, 0.6) is 0 Å². The summed E-state index contributed by atoms with van der Waals surface area (Å²) in [5.74, 6) is 1.41. The molecule has 2 heterocycles. The second kappa shape index (κ2) is 4.57. The predicted molar refractivity (Wildman–Crippen MR) is 70.0 cm³/mol. The fourth-order valence-corrected chi connectivity index (χ4v) is 2.75. The molecule has 1 unspecified atom stereocenters. The number of hydrogen-bond donors (Lipinski definition) is 1.